The Morgan fingerprint density at radius 3 is 1.09 bits per heavy atom. The monoisotopic (exact) mass is 178 g/mol. The summed E-state index contributed by atoms with van der Waals surface area (Å²) >= 11 is 0. The molecule has 0 radical (unpaired) electrons. The van der Waals surface area contributed by atoms with Crippen LogP contribution in [0.5, 0.6) is 0 Å². The van der Waals surface area contributed by atoms with Gasteiger partial charge in [0.25, 0.3) is 0 Å². The normalized spacial score (nSPS) is 32.2. The number of hydrogen-bond acceptors (Lipinski definition) is 0. The van der Waals surface area contributed by atoms with Crippen molar-refractivity contribution < 1.29 is 26.3 Å². The summed E-state index contributed by atoms with van der Waals surface area (Å²) in [7, 11) is 0. The lowest BCUT2D eigenvalue weighted by molar-refractivity contribution is -0.191. The Labute approximate surface area is 58.2 Å². The lowest BCUT2D eigenvalue weighted by Crippen LogP contribution is -2.19. The van der Waals surface area contributed by atoms with E-state index in [9.17, 15) is 26.3 Å². The van der Waals surface area contributed by atoms with Gasteiger partial charge in [-0.2, -0.15) is 26.3 Å². The highest BCUT2D eigenvalue weighted by Gasteiger charge is 2.66. The summed E-state index contributed by atoms with van der Waals surface area (Å²) in [6.45, 7) is 0. The zero-order chi connectivity index (χ0) is 8.86. The fourth-order valence-corrected chi connectivity index (χ4v) is 0.919. The maximum absolute atomic E-state index is 11.5. The number of hydrogen-bond donors (Lipinski definition) is 0. The summed E-state index contributed by atoms with van der Waals surface area (Å²) in [4.78, 5) is 0. The second kappa shape index (κ2) is 2.04. The first-order chi connectivity index (χ1) is 4.73. The molecular formula is C5H4F6. The standard InChI is InChI=1S/C5H4F6/c6-4(7,8)2-1-3(2)5(9,10)11/h2-3H,1H2. The van der Waals surface area contributed by atoms with Crippen molar-refractivity contribution in [1.82, 2.24) is 0 Å². The van der Waals surface area contributed by atoms with Crippen molar-refractivity contribution in [2.45, 2.75) is 18.8 Å². The number of alkyl halides is 6. The van der Waals surface area contributed by atoms with Crippen LogP contribution in [-0.4, -0.2) is 12.4 Å². The van der Waals surface area contributed by atoms with Gasteiger partial charge in [0.1, 0.15) is 0 Å². The maximum Gasteiger partial charge on any atom is 0.392 e. The van der Waals surface area contributed by atoms with E-state index in [1.807, 2.05) is 0 Å². The molecule has 0 heterocycles. The van der Waals surface area contributed by atoms with E-state index in [0.717, 1.165) is 0 Å². The molecule has 1 aliphatic carbocycles. The summed E-state index contributed by atoms with van der Waals surface area (Å²) in [5.74, 6) is -4.30. The van der Waals surface area contributed by atoms with E-state index < -0.39 is 30.6 Å². The molecule has 11 heavy (non-hydrogen) atoms. The van der Waals surface area contributed by atoms with E-state index in [1.54, 1.807) is 0 Å². The highest BCUT2D eigenvalue weighted by atomic mass is 19.4. The molecule has 2 atom stereocenters. The predicted molar refractivity (Wildman–Crippen MR) is 23.7 cm³/mol. The third kappa shape index (κ3) is 1.78. The summed E-state index contributed by atoms with van der Waals surface area (Å²) in [6, 6.07) is 0. The van der Waals surface area contributed by atoms with Crippen LogP contribution in [-0.2, 0) is 0 Å². The molecule has 1 rings (SSSR count). The zero-order valence-electron chi connectivity index (χ0n) is 5.13. The minimum atomic E-state index is -4.68. The average molecular weight is 178 g/mol. The van der Waals surface area contributed by atoms with Crippen LogP contribution >= 0.6 is 0 Å². The SMILES string of the molecule is FC(F)(F)C1CC1C(F)(F)F. The quantitative estimate of drug-likeness (QED) is 0.500. The Morgan fingerprint density at radius 2 is 1.00 bits per heavy atom. The molecule has 1 fully saturated rings. The smallest absolute Gasteiger partial charge is 0.171 e. The van der Waals surface area contributed by atoms with Crippen LogP contribution in [0.25, 0.3) is 0 Å². The molecule has 0 spiro atoms. The van der Waals surface area contributed by atoms with Gasteiger partial charge in [0, 0.05) is 0 Å². The summed E-state index contributed by atoms with van der Waals surface area (Å²) < 4.78 is 69.1. The Hall–Kier alpha value is -0.420. The van der Waals surface area contributed by atoms with E-state index in [0.29, 0.717) is 0 Å². The van der Waals surface area contributed by atoms with Gasteiger partial charge in [0.2, 0.25) is 0 Å². The molecule has 66 valence electrons. The Bertz CT molecular complexity index is 135. The number of rotatable bonds is 0. The molecule has 0 aromatic carbocycles. The van der Waals surface area contributed by atoms with Crippen molar-refractivity contribution in [2.75, 3.05) is 0 Å². The first-order valence-corrected chi connectivity index (χ1v) is 2.86. The van der Waals surface area contributed by atoms with Crippen molar-refractivity contribution in [3.8, 4) is 0 Å². The van der Waals surface area contributed by atoms with Crippen LogP contribution in [0.4, 0.5) is 26.3 Å². The van der Waals surface area contributed by atoms with Gasteiger partial charge in [0.05, 0.1) is 11.8 Å². The van der Waals surface area contributed by atoms with Crippen LogP contribution in [0.1, 0.15) is 6.42 Å². The number of halogens is 6. The predicted octanol–water partition coefficient (Wildman–Crippen LogP) is 2.75. The van der Waals surface area contributed by atoms with E-state index >= 15 is 0 Å². The van der Waals surface area contributed by atoms with Gasteiger partial charge in [0.15, 0.2) is 0 Å². The third-order valence-electron chi connectivity index (χ3n) is 1.63. The molecule has 1 saturated carbocycles. The molecule has 0 N–H and O–H groups in total. The van der Waals surface area contributed by atoms with Crippen LogP contribution in [0, 0.1) is 11.8 Å². The maximum atomic E-state index is 11.5. The van der Waals surface area contributed by atoms with E-state index in [2.05, 4.69) is 0 Å². The Kier molecular flexibility index (Phi) is 1.61. The van der Waals surface area contributed by atoms with Gasteiger partial charge in [-0.3, -0.25) is 0 Å². The van der Waals surface area contributed by atoms with E-state index in [4.69, 9.17) is 0 Å². The topological polar surface area (TPSA) is 0 Å². The molecule has 0 bridgehead atoms. The largest absolute Gasteiger partial charge is 0.392 e. The summed E-state index contributed by atoms with van der Waals surface area (Å²) in [6.07, 6.45) is -10.2. The Balaban J connectivity index is 2.51. The zero-order valence-corrected chi connectivity index (χ0v) is 5.13. The molecule has 0 aromatic heterocycles. The van der Waals surface area contributed by atoms with Crippen molar-refractivity contribution >= 4 is 0 Å². The molecule has 2 unspecified atom stereocenters. The van der Waals surface area contributed by atoms with Crippen LogP contribution in [0.15, 0.2) is 0 Å². The molecule has 0 saturated heterocycles. The Morgan fingerprint density at radius 1 is 0.727 bits per heavy atom. The van der Waals surface area contributed by atoms with Gasteiger partial charge >= 0.3 is 12.4 Å². The van der Waals surface area contributed by atoms with Gasteiger partial charge in [-0.15, -0.1) is 0 Å². The van der Waals surface area contributed by atoms with E-state index in [1.165, 1.54) is 0 Å². The van der Waals surface area contributed by atoms with Crippen molar-refractivity contribution in [1.29, 1.82) is 0 Å². The van der Waals surface area contributed by atoms with E-state index in [-0.39, 0.29) is 0 Å². The highest BCUT2D eigenvalue weighted by molar-refractivity contribution is 4.95. The molecular weight excluding hydrogens is 174 g/mol. The van der Waals surface area contributed by atoms with Crippen molar-refractivity contribution in [2.24, 2.45) is 11.8 Å². The molecule has 0 aliphatic heterocycles. The van der Waals surface area contributed by atoms with Gasteiger partial charge in [-0.05, 0) is 6.42 Å². The van der Waals surface area contributed by atoms with Crippen LogP contribution < -0.4 is 0 Å². The molecule has 1 aliphatic rings. The highest BCUT2D eigenvalue weighted by Crippen LogP contribution is 2.57. The van der Waals surface area contributed by atoms with Crippen LogP contribution in [0.2, 0.25) is 0 Å². The fraction of sp³-hybridized carbons (Fsp3) is 1.00. The van der Waals surface area contributed by atoms with Gasteiger partial charge in [-0.1, -0.05) is 0 Å². The molecule has 0 nitrogen and oxygen atoms in total. The van der Waals surface area contributed by atoms with Gasteiger partial charge in [-0.25, -0.2) is 0 Å². The molecule has 6 heteroatoms. The minimum absolute atomic E-state index is 0.799. The fourth-order valence-electron chi connectivity index (χ4n) is 0.919. The van der Waals surface area contributed by atoms with Crippen LogP contribution in [0.3, 0.4) is 0 Å². The lowest BCUT2D eigenvalue weighted by atomic mass is 10.3. The average Bonchev–Trinajstić information content (AvgIpc) is 2.30. The molecule has 0 aromatic rings. The first-order valence-electron chi connectivity index (χ1n) is 2.86. The first kappa shape index (κ1) is 8.67. The van der Waals surface area contributed by atoms with Crippen molar-refractivity contribution in [3.63, 3.8) is 0 Å². The van der Waals surface area contributed by atoms with Crippen molar-refractivity contribution in [3.05, 3.63) is 0 Å². The minimum Gasteiger partial charge on any atom is -0.171 e. The third-order valence-corrected chi connectivity index (χ3v) is 1.63. The second-order valence-electron chi connectivity index (χ2n) is 2.53. The molecule has 0 amide bonds. The summed E-state index contributed by atoms with van der Waals surface area (Å²) in [5, 5.41) is 0. The van der Waals surface area contributed by atoms with Gasteiger partial charge < -0.3 is 0 Å². The lowest BCUT2D eigenvalue weighted by Gasteiger charge is -2.07. The summed E-state index contributed by atoms with van der Waals surface area (Å²) in [5.41, 5.74) is 0. The second-order valence-corrected chi connectivity index (χ2v) is 2.53.